The van der Waals surface area contributed by atoms with Crippen LogP contribution in [0, 0.1) is 5.92 Å². The molecule has 0 aliphatic rings. The second kappa shape index (κ2) is 6.08. The summed E-state index contributed by atoms with van der Waals surface area (Å²) in [5, 5.41) is 2.77. The predicted octanol–water partition coefficient (Wildman–Crippen LogP) is 3.93. The van der Waals surface area contributed by atoms with E-state index in [-0.39, 0.29) is 17.9 Å². The number of halogens is 3. The van der Waals surface area contributed by atoms with E-state index in [2.05, 4.69) is 5.32 Å². The van der Waals surface area contributed by atoms with Crippen LogP contribution < -0.4 is 5.32 Å². The first kappa shape index (κ1) is 15.5. The maximum atomic E-state index is 12.4. The largest absolute Gasteiger partial charge is 0.416 e. The van der Waals surface area contributed by atoms with Gasteiger partial charge in [0.25, 0.3) is 0 Å². The first-order valence-corrected chi connectivity index (χ1v) is 6.16. The summed E-state index contributed by atoms with van der Waals surface area (Å²) in [5.74, 6) is 0.155. The number of hydrogen-bond donors (Lipinski definition) is 1. The van der Waals surface area contributed by atoms with Crippen LogP contribution in [-0.4, -0.2) is 5.91 Å². The minimum atomic E-state index is -4.33. The molecule has 1 atom stereocenters. The zero-order valence-corrected chi connectivity index (χ0v) is 11.2. The van der Waals surface area contributed by atoms with Gasteiger partial charge in [-0.2, -0.15) is 13.2 Å². The lowest BCUT2D eigenvalue weighted by Gasteiger charge is -2.16. The first-order valence-electron chi connectivity index (χ1n) is 6.16. The second-order valence-corrected chi connectivity index (χ2v) is 5.01. The van der Waals surface area contributed by atoms with Gasteiger partial charge in [-0.1, -0.05) is 26.0 Å². The molecule has 106 valence electrons. The van der Waals surface area contributed by atoms with Gasteiger partial charge < -0.3 is 5.32 Å². The lowest BCUT2D eigenvalue weighted by Crippen LogP contribution is -2.27. The second-order valence-electron chi connectivity index (χ2n) is 5.01. The molecule has 1 amide bonds. The van der Waals surface area contributed by atoms with Gasteiger partial charge in [0.05, 0.1) is 11.6 Å². The molecule has 0 spiro atoms. The van der Waals surface area contributed by atoms with Gasteiger partial charge >= 0.3 is 6.18 Å². The zero-order valence-electron chi connectivity index (χ0n) is 11.2. The fraction of sp³-hybridized carbons (Fsp3) is 0.500. The first-order chi connectivity index (χ1) is 8.70. The Hall–Kier alpha value is -1.52. The summed E-state index contributed by atoms with van der Waals surface area (Å²) < 4.78 is 37.2. The Labute approximate surface area is 111 Å². The monoisotopic (exact) mass is 273 g/mol. The summed E-state index contributed by atoms with van der Waals surface area (Å²) in [6.45, 7) is 5.62. The highest BCUT2D eigenvalue weighted by atomic mass is 19.4. The SMILES string of the molecule is CC(C)CC(=O)N[C@@H](C)c1ccc(C(F)(F)F)cc1. The fourth-order valence-corrected chi connectivity index (χ4v) is 1.72. The van der Waals surface area contributed by atoms with Crippen LogP contribution in [-0.2, 0) is 11.0 Å². The van der Waals surface area contributed by atoms with Crippen molar-refractivity contribution in [3.05, 3.63) is 35.4 Å². The molecule has 0 aliphatic carbocycles. The van der Waals surface area contributed by atoms with Crippen molar-refractivity contribution >= 4 is 5.91 Å². The predicted molar refractivity (Wildman–Crippen MR) is 67.5 cm³/mol. The summed E-state index contributed by atoms with van der Waals surface area (Å²) in [4.78, 5) is 11.6. The normalized spacial score (nSPS) is 13.4. The third-order valence-corrected chi connectivity index (χ3v) is 2.71. The van der Waals surface area contributed by atoms with E-state index in [9.17, 15) is 18.0 Å². The van der Waals surface area contributed by atoms with Crippen LogP contribution >= 0.6 is 0 Å². The van der Waals surface area contributed by atoms with Crippen molar-refractivity contribution < 1.29 is 18.0 Å². The van der Waals surface area contributed by atoms with Crippen LogP contribution in [0.1, 0.15) is 44.4 Å². The molecule has 0 aromatic heterocycles. The minimum Gasteiger partial charge on any atom is -0.350 e. The molecule has 0 fully saturated rings. The van der Waals surface area contributed by atoms with E-state index in [1.54, 1.807) is 6.92 Å². The van der Waals surface area contributed by atoms with Gasteiger partial charge in [0, 0.05) is 6.42 Å². The van der Waals surface area contributed by atoms with Gasteiger partial charge in [-0.05, 0) is 30.5 Å². The number of amides is 1. The molecule has 0 aliphatic heterocycles. The number of alkyl halides is 3. The standard InChI is InChI=1S/C14H18F3NO/c1-9(2)8-13(19)18-10(3)11-4-6-12(7-5-11)14(15,16)17/h4-7,9-10H,8H2,1-3H3,(H,18,19)/t10-/m0/s1. The number of hydrogen-bond acceptors (Lipinski definition) is 1. The molecule has 5 heteroatoms. The highest BCUT2D eigenvalue weighted by Gasteiger charge is 2.30. The van der Waals surface area contributed by atoms with Gasteiger partial charge in [0.1, 0.15) is 0 Å². The van der Waals surface area contributed by atoms with Crippen molar-refractivity contribution in [2.24, 2.45) is 5.92 Å². The zero-order chi connectivity index (χ0) is 14.6. The lowest BCUT2D eigenvalue weighted by atomic mass is 10.0. The third kappa shape index (κ3) is 4.93. The molecule has 0 saturated heterocycles. The van der Waals surface area contributed by atoms with Crippen LogP contribution in [0.3, 0.4) is 0 Å². The van der Waals surface area contributed by atoms with E-state index in [1.807, 2.05) is 13.8 Å². The van der Waals surface area contributed by atoms with Gasteiger partial charge in [0.15, 0.2) is 0 Å². The van der Waals surface area contributed by atoms with Crippen LogP contribution in [0.2, 0.25) is 0 Å². The molecular formula is C14H18F3NO. The molecule has 0 unspecified atom stereocenters. The summed E-state index contributed by atoms with van der Waals surface area (Å²) in [5.41, 5.74) is -0.0259. The smallest absolute Gasteiger partial charge is 0.350 e. The van der Waals surface area contributed by atoms with E-state index < -0.39 is 11.7 Å². The molecular weight excluding hydrogens is 255 g/mol. The Morgan fingerprint density at radius 2 is 1.68 bits per heavy atom. The van der Waals surface area contributed by atoms with Crippen LogP contribution in [0.15, 0.2) is 24.3 Å². The highest BCUT2D eigenvalue weighted by molar-refractivity contribution is 5.76. The average molecular weight is 273 g/mol. The number of carbonyl (C=O) groups excluding carboxylic acids is 1. The van der Waals surface area contributed by atoms with E-state index in [4.69, 9.17) is 0 Å². The molecule has 1 aromatic rings. The van der Waals surface area contributed by atoms with Crippen molar-refractivity contribution in [3.8, 4) is 0 Å². The number of nitrogens with one attached hydrogen (secondary N) is 1. The Bertz CT molecular complexity index is 423. The van der Waals surface area contributed by atoms with Gasteiger partial charge in [-0.25, -0.2) is 0 Å². The van der Waals surface area contributed by atoms with Crippen molar-refractivity contribution in [2.75, 3.05) is 0 Å². The highest BCUT2D eigenvalue weighted by Crippen LogP contribution is 2.29. The molecule has 0 saturated carbocycles. The molecule has 0 radical (unpaired) electrons. The summed E-state index contributed by atoms with van der Waals surface area (Å²) in [7, 11) is 0. The molecule has 0 bridgehead atoms. The van der Waals surface area contributed by atoms with Gasteiger partial charge in [0.2, 0.25) is 5.91 Å². The molecule has 1 N–H and O–H groups in total. The molecule has 1 aromatic carbocycles. The minimum absolute atomic E-state index is 0.0950. The van der Waals surface area contributed by atoms with E-state index in [0.717, 1.165) is 12.1 Å². The van der Waals surface area contributed by atoms with Crippen molar-refractivity contribution in [1.82, 2.24) is 5.32 Å². The molecule has 2 nitrogen and oxygen atoms in total. The topological polar surface area (TPSA) is 29.1 Å². The van der Waals surface area contributed by atoms with Crippen LogP contribution in [0.5, 0.6) is 0 Å². The van der Waals surface area contributed by atoms with Crippen molar-refractivity contribution in [2.45, 2.75) is 39.4 Å². The summed E-state index contributed by atoms with van der Waals surface area (Å²) in [6.07, 6.45) is -3.92. The van der Waals surface area contributed by atoms with Crippen LogP contribution in [0.4, 0.5) is 13.2 Å². The van der Waals surface area contributed by atoms with Crippen molar-refractivity contribution in [1.29, 1.82) is 0 Å². The molecule has 1 rings (SSSR count). The van der Waals surface area contributed by atoms with Gasteiger partial charge in [-0.15, -0.1) is 0 Å². The fourth-order valence-electron chi connectivity index (χ4n) is 1.72. The Morgan fingerprint density at radius 1 is 1.16 bits per heavy atom. The number of rotatable bonds is 4. The summed E-state index contributed by atoms with van der Waals surface area (Å²) >= 11 is 0. The Morgan fingerprint density at radius 3 is 2.11 bits per heavy atom. The molecule has 0 heterocycles. The number of carbonyl (C=O) groups is 1. The maximum Gasteiger partial charge on any atom is 0.416 e. The van der Waals surface area contributed by atoms with Crippen LogP contribution in [0.25, 0.3) is 0 Å². The lowest BCUT2D eigenvalue weighted by molar-refractivity contribution is -0.137. The van der Waals surface area contributed by atoms with E-state index in [0.29, 0.717) is 12.0 Å². The Balaban J connectivity index is 2.68. The third-order valence-electron chi connectivity index (χ3n) is 2.71. The average Bonchev–Trinajstić information content (AvgIpc) is 2.26. The van der Waals surface area contributed by atoms with E-state index in [1.165, 1.54) is 12.1 Å². The van der Waals surface area contributed by atoms with E-state index >= 15 is 0 Å². The van der Waals surface area contributed by atoms with Gasteiger partial charge in [-0.3, -0.25) is 4.79 Å². The summed E-state index contributed by atoms with van der Waals surface area (Å²) in [6, 6.07) is 4.54. The van der Waals surface area contributed by atoms with Crippen molar-refractivity contribution in [3.63, 3.8) is 0 Å². The maximum absolute atomic E-state index is 12.4. The number of benzene rings is 1. The quantitative estimate of drug-likeness (QED) is 0.884. The Kier molecular flexibility index (Phi) is 4.97. The molecule has 19 heavy (non-hydrogen) atoms.